The highest BCUT2D eigenvalue weighted by Crippen LogP contribution is 2.25. The van der Waals surface area contributed by atoms with Gasteiger partial charge in [-0.2, -0.15) is 0 Å². The molecule has 1 rings (SSSR count). The van der Waals surface area contributed by atoms with Gasteiger partial charge < -0.3 is 0 Å². The van der Waals surface area contributed by atoms with E-state index in [1.165, 1.54) is 11.1 Å². The number of aliphatic imine (C=N–C) groups is 1. The smallest absolute Gasteiger partial charge is 0.0697 e. The Morgan fingerprint density at radius 3 is 2.21 bits per heavy atom. The molecule has 1 aromatic rings. The van der Waals surface area contributed by atoms with Crippen LogP contribution in [0.15, 0.2) is 23.7 Å². The standard InChI is InChI=1S/C11H13N.C2H6/c1-5-10-9(3)8(2)6-7-11(10)12-4;1-2/h5-7H,1,4H2,2-3H3;1-2H3. The molecule has 0 fully saturated rings. The molecular weight excluding hydrogens is 170 g/mol. The largest absolute Gasteiger partial charge is 0.264 e. The molecule has 0 saturated heterocycles. The predicted molar refractivity (Wildman–Crippen MR) is 66.6 cm³/mol. The van der Waals surface area contributed by atoms with Gasteiger partial charge in [0.2, 0.25) is 0 Å². The molecule has 0 heterocycles. The second kappa shape index (κ2) is 6.14. The second-order valence-electron chi connectivity index (χ2n) is 2.80. The van der Waals surface area contributed by atoms with Crippen LogP contribution < -0.4 is 0 Å². The molecule has 14 heavy (non-hydrogen) atoms. The van der Waals surface area contributed by atoms with E-state index < -0.39 is 0 Å². The SMILES string of the molecule is C=Cc1c(N=C)ccc(C)c1C.CC. The molecule has 76 valence electrons. The number of hydrogen-bond donors (Lipinski definition) is 0. The lowest BCUT2D eigenvalue weighted by atomic mass is 10.0. The van der Waals surface area contributed by atoms with Crippen LogP contribution in [0.3, 0.4) is 0 Å². The van der Waals surface area contributed by atoms with Crippen molar-refractivity contribution < 1.29 is 0 Å². The Kier molecular flexibility index (Phi) is 5.54. The van der Waals surface area contributed by atoms with E-state index in [-0.39, 0.29) is 0 Å². The van der Waals surface area contributed by atoms with Crippen LogP contribution in [-0.4, -0.2) is 6.72 Å². The highest BCUT2D eigenvalue weighted by molar-refractivity contribution is 5.69. The summed E-state index contributed by atoms with van der Waals surface area (Å²) < 4.78 is 0. The van der Waals surface area contributed by atoms with E-state index in [0.29, 0.717) is 0 Å². The molecule has 0 aliphatic heterocycles. The molecule has 0 unspecified atom stereocenters. The molecule has 1 aromatic carbocycles. The first kappa shape index (κ1) is 12.6. The Balaban J connectivity index is 0.000000791. The van der Waals surface area contributed by atoms with Crippen LogP contribution in [0.25, 0.3) is 6.08 Å². The predicted octanol–water partition coefficient (Wildman–Crippen LogP) is 4.30. The molecular formula is C13H19N. The zero-order valence-corrected chi connectivity index (χ0v) is 9.59. The zero-order chi connectivity index (χ0) is 11.1. The van der Waals surface area contributed by atoms with Gasteiger partial charge in [-0.25, -0.2) is 0 Å². The van der Waals surface area contributed by atoms with E-state index in [0.717, 1.165) is 11.3 Å². The van der Waals surface area contributed by atoms with Crippen LogP contribution in [0.1, 0.15) is 30.5 Å². The summed E-state index contributed by atoms with van der Waals surface area (Å²) in [4.78, 5) is 3.92. The fourth-order valence-electron chi connectivity index (χ4n) is 1.22. The lowest BCUT2D eigenvalue weighted by Crippen LogP contribution is -1.85. The van der Waals surface area contributed by atoms with Gasteiger partial charge in [0, 0.05) is 5.56 Å². The lowest BCUT2D eigenvalue weighted by Gasteiger charge is -2.06. The summed E-state index contributed by atoms with van der Waals surface area (Å²) in [7, 11) is 0. The molecule has 0 amide bonds. The summed E-state index contributed by atoms with van der Waals surface area (Å²) in [5.74, 6) is 0. The molecule has 0 atom stereocenters. The molecule has 0 aliphatic rings. The van der Waals surface area contributed by atoms with Crippen molar-refractivity contribution in [3.05, 3.63) is 35.4 Å². The van der Waals surface area contributed by atoms with E-state index >= 15 is 0 Å². The quantitative estimate of drug-likeness (QED) is 0.615. The monoisotopic (exact) mass is 189 g/mol. The number of nitrogens with zero attached hydrogens (tertiary/aromatic N) is 1. The first-order valence-corrected chi connectivity index (χ1v) is 4.90. The van der Waals surface area contributed by atoms with E-state index in [1.54, 1.807) is 0 Å². The van der Waals surface area contributed by atoms with Crippen LogP contribution in [0.4, 0.5) is 5.69 Å². The maximum Gasteiger partial charge on any atom is 0.0697 e. The van der Waals surface area contributed by atoms with Crippen molar-refractivity contribution >= 4 is 18.5 Å². The average molecular weight is 189 g/mol. The molecule has 0 aromatic heterocycles. The normalized spacial score (nSPS) is 8.57. The Morgan fingerprint density at radius 1 is 1.21 bits per heavy atom. The summed E-state index contributed by atoms with van der Waals surface area (Å²) in [6.07, 6.45) is 1.83. The van der Waals surface area contributed by atoms with Crippen molar-refractivity contribution in [1.82, 2.24) is 0 Å². The van der Waals surface area contributed by atoms with Crippen molar-refractivity contribution in [2.75, 3.05) is 0 Å². The first-order valence-electron chi connectivity index (χ1n) is 4.90. The summed E-state index contributed by atoms with van der Waals surface area (Å²) in [5, 5.41) is 0. The van der Waals surface area contributed by atoms with Crippen molar-refractivity contribution in [1.29, 1.82) is 0 Å². The van der Waals surface area contributed by atoms with Gasteiger partial charge in [0.05, 0.1) is 5.69 Å². The van der Waals surface area contributed by atoms with Gasteiger partial charge >= 0.3 is 0 Å². The third-order valence-corrected chi connectivity index (χ3v) is 2.14. The maximum atomic E-state index is 3.92. The van der Waals surface area contributed by atoms with Crippen molar-refractivity contribution in [2.45, 2.75) is 27.7 Å². The van der Waals surface area contributed by atoms with E-state index in [1.807, 2.05) is 32.1 Å². The topological polar surface area (TPSA) is 12.4 Å². The van der Waals surface area contributed by atoms with Gasteiger partial charge in [-0.15, -0.1) is 0 Å². The van der Waals surface area contributed by atoms with Crippen molar-refractivity contribution in [2.24, 2.45) is 4.99 Å². The lowest BCUT2D eigenvalue weighted by molar-refractivity contribution is 1.31. The van der Waals surface area contributed by atoms with Gasteiger partial charge in [-0.1, -0.05) is 32.6 Å². The maximum absolute atomic E-state index is 3.92. The Hall–Kier alpha value is -1.37. The van der Waals surface area contributed by atoms with Crippen LogP contribution in [0, 0.1) is 13.8 Å². The number of aryl methyl sites for hydroxylation is 1. The molecule has 0 spiro atoms. The molecule has 1 heteroatoms. The van der Waals surface area contributed by atoms with Crippen molar-refractivity contribution in [3.8, 4) is 0 Å². The second-order valence-corrected chi connectivity index (χ2v) is 2.80. The Morgan fingerprint density at radius 2 is 1.79 bits per heavy atom. The first-order chi connectivity index (χ1) is 6.70. The summed E-state index contributed by atoms with van der Waals surface area (Å²) >= 11 is 0. The molecule has 0 bridgehead atoms. The minimum atomic E-state index is 0.910. The highest BCUT2D eigenvalue weighted by Gasteiger charge is 2.02. The molecule has 0 aliphatic carbocycles. The molecule has 1 nitrogen and oxygen atoms in total. The minimum Gasteiger partial charge on any atom is -0.264 e. The van der Waals surface area contributed by atoms with E-state index in [2.05, 4.69) is 32.1 Å². The molecule has 0 saturated carbocycles. The molecule has 0 radical (unpaired) electrons. The van der Waals surface area contributed by atoms with Crippen LogP contribution >= 0.6 is 0 Å². The number of benzene rings is 1. The van der Waals surface area contributed by atoms with Gasteiger partial charge in [0.25, 0.3) is 0 Å². The van der Waals surface area contributed by atoms with Gasteiger partial charge in [0.15, 0.2) is 0 Å². The fourth-order valence-corrected chi connectivity index (χ4v) is 1.22. The Bertz CT molecular complexity index is 324. The van der Waals surface area contributed by atoms with Gasteiger partial charge in [-0.3, -0.25) is 4.99 Å². The number of hydrogen-bond acceptors (Lipinski definition) is 1. The summed E-state index contributed by atoms with van der Waals surface area (Å²) in [6.45, 7) is 15.4. The fraction of sp³-hybridized carbons (Fsp3) is 0.308. The third kappa shape index (κ3) is 2.56. The van der Waals surface area contributed by atoms with Crippen LogP contribution in [0.5, 0.6) is 0 Å². The minimum absolute atomic E-state index is 0.910. The average Bonchev–Trinajstić information content (AvgIpc) is 2.24. The highest BCUT2D eigenvalue weighted by atomic mass is 14.7. The summed E-state index contributed by atoms with van der Waals surface area (Å²) in [6, 6.07) is 4.01. The van der Waals surface area contributed by atoms with Crippen molar-refractivity contribution in [3.63, 3.8) is 0 Å². The third-order valence-electron chi connectivity index (χ3n) is 2.14. The van der Waals surface area contributed by atoms with Crippen LogP contribution in [0.2, 0.25) is 0 Å². The van der Waals surface area contributed by atoms with Gasteiger partial charge in [-0.05, 0) is 37.8 Å². The summed E-state index contributed by atoms with van der Waals surface area (Å²) in [5.41, 5.74) is 4.49. The van der Waals surface area contributed by atoms with Gasteiger partial charge in [0.1, 0.15) is 0 Å². The zero-order valence-electron chi connectivity index (χ0n) is 9.59. The van der Waals surface area contributed by atoms with E-state index in [9.17, 15) is 0 Å². The number of rotatable bonds is 2. The van der Waals surface area contributed by atoms with E-state index in [4.69, 9.17) is 0 Å². The molecule has 0 N–H and O–H groups in total. The Labute approximate surface area is 87.2 Å². The van der Waals surface area contributed by atoms with Crippen LogP contribution in [-0.2, 0) is 0 Å².